The van der Waals surface area contributed by atoms with E-state index in [2.05, 4.69) is 26.1 Å². The highest BCUT2D eigenvalue weighted by Crippen LogP contribution is 2.60. The lowest BCUT2D eigenvalue weighted by atomic mass is 9.81. The summed E-state index contributed by atoms with van der Waals surface area (Å²) in [5.74, 6) is 0. The van der Waals surface area contributed by atoms with Gasteiger partial charge in [-0.15, -0.1) is 0 Å². The standard InChI is InChI=1S/C10H19N/c1-9(2,3)11-8-7-10(8)5-4-6-10/h8,11H,4-7H2,1-3H3. The van der Waals surface area contributed by atoms with Gasteiger partial charge in [-0.25, -0.2) is 0 Å². The zero-order chi connectivity index (χ0) is 8.11. The first-order valence-electron chi connectivity index (χ1n) is 4.80. The lowest BCUT2D eigenvalue weighted by Gasteiger charge is -2.30. The van der Waals surface area contributed by atoms with Crippen molar-refractivity contribution in [2.45, 2.75) is 58.0 Å². The van der Waals surface area contributed by atoms with Gasteiger partial charge in [-0.3, -0.25) is 0 Å². The highest BCUT2D eigenvalue weighted by atomic mass is 15.1. The summed E-state index contributed by atoms with van der Waals surface area (Å²) in [4.78, 5) is 0. The monoisotopic (exact) mass is 153 g/mol. The molecule has 2 aliphatic carbocycles. The van der Waals surface area contributed by atoms with Gasteiger partial charge >= 0.3 is 0 Å². The number of hydrogen-bond donors (Lipinski definition) is 1. The Balaban J connectivity index is 1.83. The van der Waals surface area contributed by atoms with E-state index in [1.54, 1.807) is 0 Å². The van der Waals surface area contributed by atoms with Crippen LogP contribution in [0.15, 0.2) is 0 Å². The van der Waals surface area contributed by atoms with E-state index in [1.165, 1.54) is 25.7 Å². The Kier molecular flexibility index (Phi) is 1.39. The van der Waals surface area contributed by atoms with Crippen molar-refractivity contribution in [1.29, 1.82) is 0 Å². The third-order valence-corrected chi connectivity index (χ3v) is 3.15. The van der Waals surface area contributed by atoms with Gasteiger partial charge in [-0.05, 0) is 45.4 Å². The fourth-order valence-corrected chi connectivity index (χ4v) is 2.26. The van der Waals surface area contributed by atoms with Gasteiger partial charge in [0, 0.05) is 11.6 Å². The number of rotatable bonds is 1. The molecule has 64 valence electrons. The van der Waals surface area contributed by atoms with Crippen LogP contribution in [0.4, 0.5) is 0 Å². The highest BCUT2D eigenvalue weighted by Gasteiger charge is 2.57. The van der Waals surface area contributed by atoms with Crippen LogP contribution >= 0.6 is 0 Å². The van der Waals surface area contributed by atoms with Crippen LogP contribution in [0.3, 0.4) is 0 Å². The van der Waals surface area contributed by atoms with Gasteiger partial charge in [-0.2, -0.15) is 0 Å². The fraction of sp³-hybridized carbons (Fsp3) is 1.00. The maximum absolute atomic E-state index is 3.69. The molecular weight excluding hydrogens is 134 g/mol. The summed E-state index contributed by atoms with van der Waals surface area (Å²) in [7, 11) is 0. The Morgan fingerprint density at radius 1 is 1.27 bits per heavy atom. The first-order valence-corrected chi connectivity index (χ1v) is 4.80. The summed E-state index contributed by atoms with van der Waals surface area (Å²) in [5, 5.41) is 3.69. The predicted octanol–water partition coefficient (Wildman–Crippen LogP) is 2.32. The van der Waals surface area contributed by atoms with Crippen LogP contribution in [-0.4, -0.2) is 11.6 Å². The topological polar surface area (TPSA) is 12.0 Å². The van der Waals surface area contributed by atoms with Crippen molar-refractivity contribution >= 4 is 0 Å². The summed E-state index contributed by atoms with van der Waals surface area (Å²) in [6.07, 6.45) is 5.90. The molecule has 0 aromatic rings. The van der Waals surface area contributed by atoms with Crippen molar-refractivity contribution in [3.8, 4) is 0 Å². The smallest absolute Gasteiger partial charge is 0.0135 e. The molecule has 0 heterocycles. The van der Waals surface area contributed by atoms with E-state index in [4.69, 9.17) is 0 Å². The Labute approximate surface area is 69.6 Å². The van der Waals surface area contributed by atoms with E-state index < -0.39 is 0 Å². The van der Waals surface area contributed by atoms with Crippen LogP contribution in [0.1, 0.15) is 46.5 Å². The van der Waals surface area contributed by atoms with Gasteiger partial charge < -0.3 is 5.32 Å². The molecule has 1 N–H and O–H groups in total. The second-order valence-electron chi connectivity index (χ2n) is 5.37. The maximum atomic E-state index is 3.69. The van der Waals surface area contributed by atoms with Crippen LogP contribution in [-0.2, 0) is 0 Å². The van der Waals surface area contributed by atoms with E-state index in [1.807, 2.05) is 0 Å². The van der Waals surface area contributed by atoms with Crippen molar-refractivity contribution in [2.24, 2.45) is 5.41 Å². The molecule has 0 radical (unpaired) electrons. The molecule has 2 fully saturated rings. The third-order valence-electron chi connectivity index (χ3n) is 3.15. The molecule has 1 unspecified atom stereocenters. The quantitative estimate of drug-likeness (QED) is 0.609. The van der Waals surface area contributed by atoms with Gasteiger partial charge in [0.05, 0.1) is 0 Å². The van der Waals surface area contributed by atoms with Crippen LogP contribution < -0.4 is 5.32 Å². The number of nitrogens with one attached hydrogen (secondary N) is 1. The highest BCUT2D eigenvalue weighted by molar-refractivity contribution is 5.13. The first kappa shape index (κ1) is 7.60. The largest absolute Gasteiger partial charge is 0.309 e. The molecule has 1 atom stereocenters. The molecule has 0 aromatic heterocycles. The zero-order valence-corrected chi connectivity index (χ0v) is 7.91. The minimum atomic E-state index is 0.323. The molecule has 1 heteroatoms. The van der Waals surface area contributed by atoms with Gasteiger partial charge in [0.2, 0.25) is 0 Å². The molecule has 0 aliphatic heterocycles. The second-order valence-corrected chi connectivity index (χ2v) is 5.37. The molecule has 0 aromatic carbocycles. The second kappa shape index (κ2) is 2.01. The summed E-state index contributed by atoms with van der Waals surface area (Å²) in [6.45, 7) is 6.78. The van der Waals surface area contributed by atoms with E-state index in [0.717, 1.165) is 11.5 Å². The Morgan fingerprint density at radius 2 is 1.91 bits per heavy atom. The molecule has 2 aliphatic rings. The molecule has 2 rings (SSSR count). The molecule has 1 nitrogen and oxygen atoms in total. The number of hydrogen-bond acceptors (Lipinski definition) is 1. The van der Waals surface area contributed by atoms with Crippen LogP contribution in [0.5, 0.6) is 0 Å². The van der Waals surface area contributed by atoms with E-state index in [9.17, 15) is 0 Å². The van der Waals surface area contributed by atoms with Crippen molar-refractivity contribution in [2.75, 3.05) is 0 Å². The molecule has 0 bridgehead atoms. The van der Waals surface area contributed by atoms with Gasteiger partial charge in [0.25, 0.3) is 0 Å². The van der Waals surface area contributed by atoms with Crippen molar-refractivity contribution in [1.82, 2.24) is 5.32 Å². The summed E-state index contributed by atoms with van der Waals surface area (Å²) in [5.41, 5.74) is 1.11. The average molecular weight is 153 g/mol. The van der Waals surface area contributed by atoms with Crippen LogP contribution in [0.2, 0.25) is 0 Å². The minimum Gasteiger partial charge on any atom is -0.309 e. The van der Waals surface area contributed by atoms with Crippen molar-refractivity contribution < 1.29 is 0 Å². The molecule has 0 amide bonds. The Morgan fingerprint density at radius 3 is 2.18 bits per heavy atom. The van der Waals surface area contributed by atoms with Gasteiger partial charge in [0.15, 0.2) is 0 Å². The van der Waals surface area contributed by atoms with E-state index in [-0.39, 0.29) is 0 Å². The van der Waals surface area contributed by atoms with E-state index in [0.29, 0.717) is 5.54 Å². The summed E-state index contributed by atoms with van der Waals surface area (Å²) >= 11 is 0. The average Bonchev–Trinajstić information content (AvgIpc) is 2.34. The lowest BCUT2D eigenvalue weighted by molar-refractivity contribution is 0.248. The van der Waals surface area contributed by atoms with Crippen LogP contribution in [0.25, 0.3) is 0 Å². The van der Waals surface area contributed by atoms with Crippen LogP contribution in [0, 0.1) is 5.41 Å². The first-order chi connectivity index (χ1) is 5.02. The van der Waals surface area contributed by atoms with E-state index >= 15 is 0 Å². The summed E-state index contributed by atoms with van der Waals surface area (Å²) < 4.78 is 0. The summed E-state index contributed by atoms with van der Waals surface area (Å²) in [6, 6.07) is 0.858. The minimum absolute atomic E-state index is 0.323. The Bertz CT molecular complexity index is 162. The fourth-order valence-electron chi connectivity index (χ4n) is 2.26. The normalized spacial score (nSPS) is 33.5. The van der Waals surface area contributed by atoms with Crippen molar-refractivity contribution in [3.05, 3.63) is 0 Å². The molecule has 11 heavy (non-hydrogen) atoms. The zero-order valence-electron chi connectivity index (χ0n) is 7.91. The SMILES string of the molecule is CC(C)(C)NC1CC12CCC2. The molecule has 2 saturated carbocycles. The van der Waals surface area contributed by atoms with Crippen molar-refractivity contribution in [3.63, 3.8) is 0 Å². The Hall–Kier alpha value is -0.0400. The molecule has 1 spiro atoms. The third kappa shape index (κ3) is 1.31. The maximum Gasteiger partial charge on any atom is 0.0135 e. The lowest BCUT2D eigenvalue weighted by Crippen LogP contribution is -2.40. The predicted molar refractivity (Wildman–Crippen MR) is 47.6 cm³/mol. The molecular formula is C10H19N. The van der Waals surface area contributed by atoms with Gasteiger partial charge in [-0.1, -0.05) is 6.42 Å². The van der Waals surface area contributed by atoms with Gasteiger partial charge in [0.1, 0.15) is 0 Å². The molecule has 0 saturated heterocycles.